The normalized spacial score (nSPS) is 15.6. The Morgan fingerprint density at radius 3 is 2.51 bits per heavy atom. The van der Waals surface area contributed by atoms with Gasteiger partial charge in [0.25, 0.3) is 5.91 Å². The van der Waals surface area contributed by atoms with Crippen LogP contribution in [0, 0.1) is 0 Å². The number of hydrogen-bond donors (Lipinski definition) is 1. The molecule has 178 valence electrons. The molecule has 1 N–H and O–H groups in total. The number of aliphatic imine (C=N–C) groups is 1. The van der Waals surface area contributed by atoms with E-state index in [0.29, 0.717) is 26.8 Å². The summed E-state index contributed by atoms with van der Waals surface area (Å²) in [5, 5.41) is 9.40. The van der Waals surface area contributed by atoms with Crippen molar-refractivity contribution >= 4 is 56.5 Å². The van der Waals surface area contributed by atoms with Crippen molar-refractivity contribution < 1.29 is 24.2 Å². The molecule has 0 saturated carbocycles. The van der Waals surface area contributed by atoms with Gasteiger partial charge in [-0.1, -0.05) is 36.4 Å². The van der Waals surface area contributed by atoms with Gasteiger partial charge >= 0.3 is 5.97 Å². The SMILES string of the molecule is COc1ccc(CN2C(=O)/C(=C/c3ccc(OCC(=O)O)c(Br)c3)SC2=Nc2ccccc2)cc1. The molecule has 1 aliphatic rings. The number of carboxylic acids is 1. The van der Waals surface area contributed by atoms with Crippen LogP contribution >= 0.6 is 27.7 Å². The fourth-order valence-corrected chi connectivity index (χ4v) is 4.78. The maximum absolute atomic E-state index is 13.4. The van der Waals surface area contributed by atoms with Crippen LogP contribution in [-0.4, -0.2) is 40.8 Å². The lowest BCUT2D eigenvalue weighted by molar-refractivity contribution is -0.139. The Balaban J connectivity index is 1.62. The standard InChI is InChI=1S/C26H21BrN2O5S/c1-33-20-10-7-17(8-11-20)15-29-25(32)23(35-26(29)28-19-5-3-2-4-6-19)14-18-9-12-22(21(27)13-18)34-16-24(30)31/h2-14H,15-16H2,1H3,(H,30,31)/b23-14-,28-26?. The molecule has 1 amide bonds. The fourth-order valence-electron chi connectivity index (χ4n) is 3.27. The number of nitrogens with zero attached hydrogens (tertiary/aromatic N) is 2. The number of para-hydroxylation sites is 1. The minimum absolute atomic E-state index is 0.150. The number of halogens is 1. The maximum atomic E-state index is 13.4. The van der Waals surface area contributed by atoms with Crippen molar-refractivity contribution in [3.05, 3.63) is 93.3 Å². The average Bonchev–Trinajstić information content (AvgIpc) is 3.13. The lowest BCUT2D eigenvalue weighted by atomic mass is 10.2. The minimum Gasteiger partial charge on any atom is -0.497 e. The number of amides is 1. The largest absolute Gasteiger partial charge is 0.497 e. The molecule has 3 aromatic rings. The van der Waals surface area contributed by atoms with Gasteiger partial charge in [-0.05, 0) is 81.3 Å². The van der Waals surface area contributed by atoms with E-state index in [1.807, 2.05) is 54.6 Å². The average molecular weight is 553 g/mol. The summed E-state index contributed by atoms with van der Waals surface area (Å²) < 4.78 is 11.1. The molecule has 0 spiro atoms. The highest BCUT2D eigenvalue weighted by Crippen LogP contribution is 2.36. The quantitative estimate of drug-likeness (QED) is 0.359. The van der Waals surface area contributed by atoms with Gasteiger partial charge in [0.1, 0.15) is 11.5 Å². The third-order valence-electron chi connectivity index (χ3n) is 4.97. The highest BCUT2D eigenvalue weighted by molar-refractivity contribution is 9.10. The van der Waals surface area contributed by atoms with E-state index in [1.54, 1.807) is 36.3 Å². The number of carbonyl (C=O) groups is 2. The summed E-state index contributed by atoms with van der Waals surface area (Å²) in [6, 6.07) is 22.3. The second-order valence-corrected chi connectivity index (χ2v) is 9.32. The van der Waals surface area contributed by atoms with E-state index in [0.717, 1.165) is 22.6 Å². The van der Waals surface area contributed by atoms with Crippen LogP contribution in [0.15, 0.2) is 87.2 Å². The topological polar surface area (TPSA) is 88.4 Å². The summed E-state index contributed by atoms with van der Waals surface area (Å²) in [6.07, 6.45) is 1.78. The van der Waals surface area contributed by atoms with Gasteiger partial charge in [0, 0.05) is 0 Å². The highest BCUT2D eigenvalue weighted by Gasteiger charge is 2.33. The first-order valence-electron chi connectivity index (χ1n) is 10.5. The molecular formula is C26H21BrN2O5S. The number of benzene rings is 3. The summed E-state index contributed by atoms with van der Waals surface area (Å²) in [5.41, 5.74) is 2.47. The molecule has 1 saturated heterocycles. The van der Waals surface area contributed by atoms with Crippen molar-refractivity contribution in [2.75, 3.05) is 13.7 Å². The molecule has 35 heavy (non-hydrogen) atoms. The van der Waals surface area contributed by atoms with E-state index < -0.39 is 12.6 Å². The number of rotatable bonds is 8. The Bertz CT molecular complexity index is 1290. The van der Waals surface area contributed by atoms with Gasteiger partial charge in [-0.3, -0.25) is 9.69 Å². The molecule has 1 fully saturated rings. The van der Waals surface area contributed by atoms with Gasteiger partial charge in [-0.15, -0.1) is 0 Å². The number of methoxy groups -OCH3 is 1. The fraction of sp³-hybridized carbons (Fsp3) is 0.115. The van der Waals surface area contributed by atoms with Crippen molar-refractivity contribution in [2.24, 2.45) is 4.99 Å². The number of carbonyl (C=O) groups excluding carboxylic acids is 1. The van der Waals surface area contributed by atoms with Crippen molar-refractivity contribution in [3.63, 3.8) is 0 Å². The number of thioether (sulfide) groups is 1. The molecule has 9 heteroatoms. The van der Waals surface area contributed by atoms with Crippen LogP contribution in [0.5, 0.6) is 11.5 Å². The maximum Gasteiger partial charge on any atom is 0.341 e. The van der Waals surface area contributed by atoms with Gasteiger partial charge < -0.3 is 14.6 Å². The molecular weight excluding hydrogens is 532 g/mol. The summed E-state index contributed by atoms with van der Waals surface area (Å²) in [6.45, 7) is -0.0719. The van der Waals surface area contributed by atoms with E-state index in [2.05, 4.69) is 15.9 Å². The molecule has 7 nitrogen and oxygen atoms in total. The summed E-state index contributed by atoms with van der Waals surface area (Å²) in [4.78, 5) is 31.1. The van der Waals surface area contributed by atoms with Gasteiger partial charge in [-0.2, -0.15) is 0 Å². The molecule has 4 rings (SSSR count). The van der Waals surface area contributed by atoms with Crippen LogP contribution in [0.2, 0.25) is 0 Å². The first kappa shape index (κ1) is 24.6. The zero-order valence-electron chi connectivity index (χ0n) is 18.7. The van der Waals surface area contributed by atoms with Crippen molar-refractivity contribution in [1.82, 2.24) is 4.90 Å². The highest BCUT2D eigenvalue weighted by atomic mass is 79.9. The lowest BCUT2D eigenvalue weighted by Gasteiger charge is -2.16. The number of aliphatic carboxylic acids is 1. The monoisotopic (exact) mass is 552 g/mol. The second kappa shape index (κ2) is 11.2. The number of carboxylic acid groups (broad SMARTS) is 1. The Labute approximate surface area is 215 Å². The van der Waals surface area contributed by atoms with Crippen molar-refractivity contribution in [1.29, 1.82) is 0 Å². The van der Waals surface area contributed by atoms with Gasteiger partial charge in [0.2, 0.25) is 0 Å². The Hall–Kier alpha value is -3.56. The van der Waals surface area contributed by atoms with Crippen LogP contribution in [-0.2, 0) is 16.1 Å². The molecule has 3 aromatic carbocycles. The predicted octanol–water partition coefficient (Wildman–Crippen LogP) is 5.73. The summed E-state index contributed by atoms with van der Waals surface area (Å²) >= 11 is 4.71. The third-order valence-corrected chi connectivity index (χ3v) is 6.60. The van der Waals surface area contributed by atoms with E-state index in [9.17, 15) is 9.59 Å². The zero-order valence-corrected chi connectivity index (χ0v) is 21.1. The summed E-state index contributed by atoms with van der Waals surface area (Å²) in [5.74, 6) is -0.0514. The zero-order chi connectivity index (χ0) is 24.8. The Kier molecular flexibility index (Phi) is 7.89. The smallest absolute Gasteiger partial charge is 0.341 e. The van der Waals surface area contributed by atoms with Crippen molar-refractivity contribution in [2.45, 2.75) is 6.54 Å². The van der Waals surface area contributed by atoms with Crippen LogP contribution < -0.4 is 9.47 Å². The number of ether oxygens (including phenoxy) is 2. The number of amidine groups is 1. The van der Waals surface area contributed by atoms with Crippen LogP contribution in [0.3, 0.4) is 0 Å². The number of hydrogen-bond acceptors (Lipinski definition) is 6. The molecule has 0 aromatic heterocycles. The van der Waals surface area contributed by atoms with Gasteiger partial charge in [0.15, 0.2) is 11.8 Å². The van der Waals surface area contributed by atoms with E-state index >= 15 is 0 Å². The third kappa shape index (κ3) is 6.32. The van der Waals surface area contributed by atoms with E-state index in [4.69, 9.17) is 19.6 Å². The van der Waals surface area contributed by atoms with Crippen LogP contribution in [0.25, 0.3) is 6.08 Å². The molecule has 0 radical (unpaired) electrons. The Morgan fingerprint density at radius 2 is 1.86 bits per heavy atom. The van der Waals surface area contributed by atoms with E-state index in [-0.39, 0.29) is 5.91 Å². The van der Waals surface area contributed by atoms with E-state index in [1.165, 1.54) is 11.8 Å². The molecule has 0 atom stereocenters. The molecule has 1 aliphatic heterocycles. The molecule has 0 unspecified atom stereocenters. The molecule has 0 aliphatic carbocycles. The Morgan fingerprint density at radius 1 is 1.11 bits per heavy atom. The lowest BCUT2D eigenvalue weighted by Crippen LogP contribution is -2.28. The molecule has 0 bridgehead atoms. The second-order valence-electron chi connectivity index (χ2n) is 7.45. The molecule has 1 heterocycles. The van der Waals surface area contributed by atoms with Gasteiger partial charge in [-0.25, -0.2) is 9.79 Å². The van der Waals surface area contributed by atoms with Gasteiger partial charge in [0.05, 0.1) is 28.7 Å². The van der Waals surface area contributed by atoms with Crippen LogP contribution in [0.4, 0.5) is 5.69 Å². The predicted molar refractivity (Wildman–Crippen MR) is 140 cm³/mol. The van der Waals surface area contributed by atoms with Crippen molar-refractivity contribution in [3.8, 4) is 11.5 Å². The first-order valence-corrected chi connectivity index (χ1v) is 12.2. The minimum atomic E-state index is -1.06. The first-order chi connectivity index (χ1) is 16.9. The van der Waals surface area contributed by atoms with Crippen LogP contribution in [0.1, 0.15) is 11.1 Å². The summed E-state index contributed by atoms with van der Waals surface area (Å²) in [7, 11) is 1.61.